The lowest BCUT2D eigenvalue weighted by Crippen LogP contribution is -2.04. The van der Waals surface area contributed by atoms with Gasteiger partial charge in [0.1, 0.15) is 0 Å². The number of benzene rings is 1. The molecule has 0 amide bonds. The number of ether oxygens (including phenoxy) is 3. The second kappa shape index (κ2) is 7.01. The van der Waals surface area contributed by atoms with Crippen LogP contribution in [0.3, 0.4) is 0 Å². The fraction of sp³-hybridized carbons (Fsp3) is 0.538. The quantitative estimate of drug-likeness (QED) is 0.790. The number of methoxy groups -OCH3 is 2. The molecule has 0 saturated carbocycles. The van der Waals surface area contributed by atoms with Crippen molar-refractivity contribution in [3.05, 3.63) is 17.7 Å². The van der Waals surface area contributed by atoms with E-state index in [1.165, 1.54) is 0 Å². The third-order valence-corrected chi connectivity index (χ3v) is 2.52. The molecule has 1 aromatic rings. The SMILES string of the molecule is CCOc1c(CCCN)ccc(OC)c1OC. The van der Waals surface area contributed by atoms with E-state index in [1.807, 2.05) is 19.1 Å². The molecule has 0 aliphatic heterocycles. The van der Waals surface area contributed by atoms with Crippen LogP contribution in [0, 0.1) is 0 Å². The summed E-state index contributed by atoms with van der Waals surface area (Å²) in [7, 11) is 3.24. The van der Waals surface area contributed by atoms with Crippen molar-refractivity contribution in [3.8, 4) is 17.2 Å². The van der Waals surface area contributed by atoms with E-state index >= 15 is 0 Å². The van der Waals surface area contributed by atoms with Gasteiger partial charge in [-0.05, 0) is 37.9 Å². The molecule has 2 N–H and O–H groups in total. The van der Waals surface area contributed by atoms with E-state index in [4.69, 9.17) is 19.9 Å². The molecule has 0 bridgehead atoms. The Bertz CT molecular complexity index is 353. The monoisotopic (exact) mass is 239 g/mol. The highest BCUT2D eigenvalue weighted by Crippen LogP contribution is 2.40. The maximum Gasteiger partial charge on any atom is 0.203 e. The standard InChI is InChI=1S/C13H21NO3/c1-4-17-12-10(6-5-9-14)7-8-11(15-2)13(12)16-3/h7-8H,4-6,9,14H2,1-3H3. The van der Waals surface area contributed by atoms with Crippen molar-refractivity contribution in [1.82, 2.24) is 0 Å². The summed E-state index contributed by atoms with van der Waals surface area (Å²) in [6, 6.07) is 3.90. The van der Waals surface area contributed by atoms with Gasteiger partial charge in [0.25, 0.3) is 0 Å². The molecule has 0 saturated heterocycles. The number of nitrogens with two attached hydrogens (primary N) is 1. The molecule has 0 atom stereocenters. The zero-order chi connectivity index (χ0) is 12.7. The molecule has 0 spiro atoms. The topological polar surface area (TPSA) is 53.7 Å². The Morgan fingerprint density at radius 2 is 1.88 bits per heavy atom. The second-order valence-corrected chi connectivity index (χ2v) is 3.61. The molecule has 0 aliphatic rings. The normalized spacial score (nSPS) is 10.1. The molecule has 0 aromatic heterocycles. The first kappa shape index (κ1) is 13.6. The van der Waals surface area contributed by atoms with Crippen LogP contribution in [0.25, 0.3) is 0 Å². The first-order valence-corrected chi connectivity index (χ1v) is 5.85. The third kappa shape index (κ3) is 3.27. The van der Waals surface area contributed by atoms with E-state index in [-0.39, 0.29) is 0 Å². The lowest BCUT2D eigenvalue weighted by molar-refractivity contribution is 0.293. The number of aryl methyl sites for hydroxylation is 1. The smallest absolute Gasteiger partial charge is 0.203 e. The molecule has 0 fully saturated rings. The first-order chi connectivity index (χ1) is 8.28. The molecule has 0 aliphatic carbocycles. The Hall–Kier alpha value is -1.42. The summed E-state index contributed by atoms with van der Waals surface area (Å²) in [5, 5.41) is 0. The van der Waals surface area contributed by atoms with Gasteiger partial charge < -0.3 is 19.9 Å². The predicted molar refractivity (Wildman–Crippen MR) is 68.1 cm³/mol. The van der Waals surface area contributed by atoms with Crippen LogP contribution in [0.15, 0.2) is 12.1 Å². The van der Waals surface area contributed by atoms with E-state index in [9.17, 15) is 0 Å². The van der Waals surface area contributed by atoms with Crippen molar-refractivity contribution in [1.29, 1.82) is 0 Å². The van der Waals surface area contributed by atoms with E-state index in [0.717, 1.165) is 24.2 Å². The molecule has 0 unspecified atom stereocenters. The maximum absolute atomic E-state index is 5.65. The predicted octanol–water partition coefficient (Wildman–Crippen LogP) is 1.99. The summed E-state index contributed by atoms with van der Waals surface area (Å²) in [6.45, 7) is 3.21. The highest BCUT2D eigenvalue weighted by Gasteiger charge is 2.15. The van der Waals surface area contributed by atoms with Gasteiger partial charge in [0.05, 0.1) is 20.8 Å². The Kier molecular flexibility index (Phi) is 5.63. The van der Waals surface area contributed by atoms with Gasteiger partial charge in [0.15, 0.2) is 11.5 Å². The van der Waals surface area contributed by atoms with Crippen molar-refractivity contribution in [2.45, 2.75) is 19.8 Å². The summed E-state index contributed by atoms with van der Waals surface area (Å²) >= 11 is 0. The fourth-order valence-corrected chi connectivity index (χ4v) is 1.73. The Labute approximate surface area is 103 Å². The molecular weight excluding hydrogens is 218 g/mol. The summed E-state index contributed by atoms with van der Waals surface area (Å²) in [4.78, 5) is 0. The van der Waals surface area contributed by atoms with Gasteiger partial charge in [-0.2, -0.15) is 0 Å². The van der Waals surface area contributed by atoms with Gasteiger partial charge in [-0.1, -0.05) is 6.07 Å². The molecular formula is C13H21NO3. The molecule has 17 heavy (non-hydrogen) atoms. The first-order valence-electron chi connectivity index (χ1n) is 5.85. The molecule has 4 nitrogen and oxygen atoms in total. The van der Waals surface area contributed by atoms with Crippen LogP contribution < -0.4 is 19.9 Å². The molecule has 0 heterocycles. The highest BCUT2D eigenvalue weighted by molar-refractivity contribution is 5.55. The lowest BCUT2D eigenvalue weighted by Gasteiger charge is -2.16. The Balaban J connectivity index is 3.11. The zero-order valence-electron chi connectivity index (χ0n) is 10.8. The van der Waals surface area contributed by atoms with Crippen LogP contribution in [-0.4, -0.2) is 27.4 Å². The number of hydrogen-bond acceptors (Lipinski definition) is 4. The van der Waals surface area contributed by atoms with Crippen LogP contribution >= 0.6 is 0 Å². The highest BCUT2D eigenvalue weighted by atomic mass is 16.5. The van der Waals surface area contributed by atoms with Gasteiger partial charge >= 0.3 is 0 Å². The third-order valence-electron chi connectivity index (χ3n) is 2.52. The van der Waals surface area contributed by atoms with Gasteiger partial charge in [-0.3, -0.25) is 0 Å². The molecule has 1 aromatic carbocycles. The van der Waals surface area contributed by atoms with Crippen LogP contribution in [0.4, 0.5) is 0 Å². The van der Waals surface area contributed by atoms with E-state index in [1.54, 1.807) is 14.2 Å². The number of hydrogen-bond donors (Lipinski definition) is 1. The van der Waals surface area contributed by atoms with Crippen LogP contribution in [-0.2, 0) is 6.42 Å². The lowest BCUT2D eigenvalue weighted by atomic mass is 10.1. The average Bonchev–Trinajstić information content (AvgIpc) is 2.37. The van der Waals surface area contributed by atoms with Gasteiger partial charge in [-0.25, -0.2) is 0 Å². The summed E-state index contributed by atoms with van der Waals surface area (Å²) in [5.74, 6) is 2.11. The summed E-state index contributed by atoms with van der Waals surface area (Å²) in [5.41, 5.74) is 6.64. The maximum atomic E-state index is 5.65. The zero-order valence-corrected chi connectivity index (χ0v) is 10.8. The molecule has 4 heteroatoms. The minimum atomic E-state index is 0.596. The Morgan fingerprint density at radius 1 is 1.12 bits per heavy atom. The minimum Gasteiger partial charge on any atom is -0.493 e. The van der Waals surface area contributed by atoms with Crippen molar-refractivity contribution >= 4 is 0 Å². The molecule has 1 rings (SSSR count). The van der Waals surface area contributed by atoms with Gasteiger partial charge in [-0.15, -0.1) is 0 Å². The second-order valence-electron chi connectivity index (χ2n) is 3.61. The summed E-state index contributed by atoms with van der Waals surface area (Å²) in [6.07, 6.45) is 1.81. The molecule has 0 radical (unpaired) electrons. The van der Waals surface area contributed by atoms with Crippen molar-refractivity contribution in [2.75, 3.05) is 27.4 Å². The summed E-state index contributed by atoms with van der Waals surface area (Å²) < 4.78 is 16.3. The van der Waals surface area contributed by atoms with Gasteiger partial charge in [0.2, 0.25) is 5.75 Å². The minimum absolute atomic E-state index is 0.596. The number of rotatable bonds is 7. The fourth-order valence-electron chi connectivity index (χ4n) is 1.73. The van der Waals surface area contributed by atoms with E-state index < -0.39 is 0 Å². The van der Waals surface area contributed by atoms with Crippen molar-refractivity contribution < 1.29 is 14.2 Å². The van der Waals surface area contributed by atoms with Gasteiger partial charge in [0, 0.05) is 0 Å². The van der Waals surface area contributed by atoms with E-state index in [2.05, 4.69) is 0 Å². The van der Waals surface area contributed by atoms with Crippen LogP contribution in [0.5, 0.6) is 17.2 Å². The van der Waals surface area contributed by atoms with Crippen LogP contribution in [0.2, 0.25) is 0 Å². The Morgan fingerprint density at radius 3 is 2.41 bits per heavy atom. The average molecular weight is 239 g/mol. The van der Waals surface area contributed by atoms with E-state index in [0.29, 0.717) is 24.7 Å². The largest absolute Gasteiger partial charge is 0.493 e. The van der Waals surface area contributed by atoms with Crippen molar-refractivity contribution in [2.24, 2.45) is 5.73 Å². The molecule has 96 valence electrons. The van der Waals surface area contributed by atoms with Crippen LogP contribution in [0.1, 0.15) is 18.9 Å². The van der Waals surface area contributed by atoms with Crippen molar-refractivity contribution in [3.63, 3.8) is 0 Å².